The minimum absolute atomic E-state index is 0.125. The molecule has 0 aromatic carbocycles. The molecule has 0 bridgehead atoms. The number of ether oxygens (including phenoxy) is 1. The van der Waals surface area contributed by atoms with Crippen molar-refractivity contribution in [2.45, 2.75) is 72.3 Å². The van der Waals surface area contributed by atoms with E-state index in [1.54, 1.807) is 0 Å². The Kier molecular flexibility index (Phi) is 7.86. The number of nitrogens with one attached hydrogen (secondary N) is 1. The molecular formula is C18H34N2O3. The Morgan fingerprint density at radius 2 is 1.91 bits per heavy atom. The van der Waals surface area contributed by atoms with Gasteiger partial charge in [0.1, 0.15) is 5.60 Å². The lowest BCUT2D eigenvalue weighted by molar-refractivity contribution is -0.125. The highest BCUT2D eigenvalue weighted by molar-refractivity contribution is 5.78. The van der Waals surface area contributed by atoms with Gasteiger partial charge in [0.25, 0.3) is 0 Å². The Balaban J connectivity index is 2.35. The molecule has 0 radical (unpaired) electrons. The highest BCUT2D eigenvalue weighted by Crippen LogP contribution is 2.21. The average Bonchev–Trinajstić information content (AvgIpc) is 2.47. The van der Waals surface area contributed by atoms with Gasteiger partial charge in [-0.05, 0) is 58.8 Å². The zero-order valence-corrected chi connectivity index (χ0v) is 15.5. The zero-order valence-electron chi connectivity index (χ0n) is 15.5. The number of piperidine rings is 1. The summed E-state index contributed by atoms with van der Waals surface area (Å²) in [6.45, 7) is 12.0. The molecule has 1 aliphatic heterocycles. The molecule has 1 heterocycles. The Morgan fingerprint density at radius 3 is 2.48 bits per heavy atom. The van der Waals surface area contributed by atoms with Crippen molar-refractivity contribution >= 4 is 12.0 Å². The van der Waals surface area contributed by atoms with Crippen molar-refractivity contribution in [1.29, 1.82) is 0 Å². The van der Waals surface area contributed by atoms with E-state index in [2.05, 4.69) is 5.32 Å². The maximum absolute atomic E-state index is 12.1. The number of hydrogen-bond donors (Lipinski definition) is 1. The van der Waals surface area contributed by atoms with Gasteiger partial charge in [0.05, 0.1) is 0 Å². The van der Waals surface area contributed by atoms with Crippen LogP contribution in [0.4, 0.5) is 4.79 Å². The van der Waals surface area contributed by atoms with Crippen LogP contribution in [-0.2, 0) is 9.53 Å². The van der Waals surface area contributed by atoms with E-state index in [1.807, 2.05) is 39.5 Å². The summed E-state index contributed by atoms with van der Waals surface area (Å²) in [5.41, 5.74) is -0.451. The number of amides is 2. The highest BCUT2D eigenvalue weighted by atomic mass is 16.6. The van der Waals surface area contributed by atoms with Gasteiger partial charge in [-0.3, -0.25) is 4.79 Å². The molecule has 0 aliphatic carbocycles. The van der Waals surface area contributed by atoms with Crippen molar-refractivity contribution < 1.29 is 14.3 Å². The second-order valence-corrected chi connectivity index (χ2v) is 7.53. The maximum Gasteiger partial charge on any atom is 0.410 e. The molecule has 23 heavy (non-hydrogen) atoms. The molecule has 1 unspecified atom stereocenters. The number of hydrogen-bond acceptors (Lipinski definition) is 3. The molecule has 1 N–H and O–H groups in total. The highest BCUT2D eigenvalue weighted by Gasteiger charge is 2.27. The molecule has 2 amide bonds. The minimum atomic E-state index is -0.451. The third kappa shape index (κ3) is 7.23. The van der Waals surface area contributed by atoms with Gasteiger partial charge >= 0.3 is 6.09 Å². The van der Waals surface area contributed by atoms with E-state index in [0.29, 0.717) is 12.5 Å². The normalized spacial score (nSPS) is 18.9. The molecular weight excluding hydrogens is 292 g/mol. The van der Waals surface area contributed by atoms with Gasteiger partial charge in [0, 0.05) is 25.6 Å². The van der Waals surface area contributed by atoms with Crippen LogP contribution in [0.25, 0.3) is 0 Å². The van der Waals surface area contributed by atoms with Gasteiger partial charge in [-0.15, -0.1) is 0 Å². The Bertz CT molecular complexity index is 386. The fraction of sp³-hybridized carbons (Fsp3) is 0.889. The Hall–Kier alpha value is -1.26. The Morgan fingerprint density at radius 1 is 1.26 bits per heavy atom. The summed E-state index contributed by atoms with van der Waals surface area (Å²) in [5, 5.41) is 3.04. The monoisotopic (exact) mass is 326 g/mol. The van der Waals surface area contributed by atoms with Crippen molar-refractivity contribution in [3.05, 3.63) is 0 Å². The second kappa shape index (κ2) is 9.14. The number of likely N-dealkylation sites (tertiary alicyclic amines) is 1. The Labute approximate surface area is 141 Å². The van der Waals surface area contributed by atoms with Crippen LogP contribution in [0.2, 0.25) is 0 Å². The molecule has 134 valence electrons. The average molecular weight is 326 g/mol. The molecule has 0 saturated carbocycles. The first-order chi connectivity index (χ1) is 10.8. The summed E-state index contributed by atoms with van der Waals surface area (Å²) in [7, 11) is 0. The van der Waals surface area contributed by atoms with Gasteiger partial charge in [0.2, 0.25) is 5.91 Å². The van der Waals surface area contributed by atoms with Crippen LogP contribution in [-0.4, -0.2) is 42.1 Å². The first-order valence-electron chi connectivity index (χ1n) is 9.02. The lowest BCUT2D eigenvalue weighted by Crippen LogP contribution is -2.43. The molecule has 1 fully saturated rings. The summed E-state index contributed by atoms with van der Waals surface area (Å²) >= 11 is 0. The predicted octanol–water partition coefficient (Wildman–Crippen LogP) is 3.58. The van der Waals surface area contributed by atoms with E-state index in [-0.39, 0.29) is 17.9 Å². The standard InChI is InChI=1S/C18H34N2O3/c1-6-15(7-2)16(21)19-11-10-14-9-8-12-20(13-14)17(22)23-18(3,4)5/h14-15H,6-13H2,1-5H3,(H,19,21). The zero-order chi connectivity index (χ0) is 17.5. The number of nitrogens with zero attached hydrogens (tertiary/aromatic N) is 1. The topological polar surface area (TPSA) is 58.6 Å². The van der Waals surface area contributed by atoms with E-state index >= 15 is 0 Å². The van der Waals surface area contributed by atoms with Gasteiger partial charge in [-0.2, -0.15) is 0 Å². The van der Waals surface area contributed by atoms with Crippen molar-refractivity contribution in [2.75, 3.05) is 19.6 Å². The molecule has 0 aromatic heterocycles. The van der Waals surface area contributed by atoms with Crippen molar-refractivity contribution in [2.24, 2.45) is 11.8 Å². The van der Waals surface area contributed by atoms with Gasteiger partial charge in [-0.1, -0.05) is 13.8 Å². The van der Waals surface area contributed by atoms with Crippen LogP contribution in [0.3, 0.4) is 0 Å². The van der Waals surface area contributed by atoms with Crippen molar-refractivity contribution in [3.8, 4) is 0 Å². The third-order valence-electron chi connectivity index (χ3n) is 4.38. The predicted molar refractivity (Wildman–Crippen MR) is 92.2 cm³/mol. The van der Waals surface area contributed by atoms with Crippen LogP contribution in [0.1, 0.15) is 66.7 Å². The first-order valence-corrected chi connectivity index (χ1v) is 9.02. The lowest BCUT2D eigenvalue weighted by Gasteiger charge is -2.34. The SMILES string of the molecule is CCC(CC)C(=O)NCCC1CCCN(C(=O)OC(C)(C)C)C1. The van der Waals surface area contributed by atoms with E-state index in [0.717, 1.165) is 45.2 Å². The fourth-order valence-electron chi connectivity index (χ4n) is 3.00. The smallest absolute Gasteiger partial charge is 0.410 e. The third-order valence-corrected chi connectivity index (χ3v) is 4.38. The summed E-state index contributed by atoms with van der Waals surface area (Å²) in [4.78, 5) is 25.9. The molecule has 1 rings (SSSR count). The summed E-state index contributed by atoms with van der Waals surface area (Å²) in [5.74, 6) is 0.729. The first kappa shape index (κ1) is 19.8. The maximum atomic E-state index is 12.1. The molecule has 5 heteroatoms. The van der Waals surface area contributed by atoms with Crippen LogP contribution in [0, 0.1) is 11.8 Å². The van der Waals surface area contributed by atoms with E-state index in [1.165, 1.54) is 0 Å². The van der Waals surface area contributed by atoms with Gasteiger partial charge in [0.15, 0.2) is 0 Å². The summed E-state index contributed by atoms with van der Waals surface area (Å²) < 4.78 is 5.45. The van der Waals surface area contributed by atoms with Gasteiger partial charge < -0.3 is 15.0 Å². The van der Waals surface area contributed by atoms with E-state index < -0.39 is 5.60 Å². The van der Waals surface area contributed by atoms with Crippen molar-refractivity contribution in [3.63, 3.8) is 0 Å². The summed E-state index contributed by atoms with van der Waals surface area (Å²) in [6, 6.07) is 0. The molecule has 5 nitrogen and oxygen atoms in total. The van der Waals surface area contributed by atoms with Gasteiger partial charge in [-0.25, -0.2) is 4.79 Å². The second-order valence-electron chi connectivity index (χ2n) is 7.53. The molecule has 0 spiro atoms. The van der Waals surface area contributed by atoms with E-state index in [9.17, 15) is 9.59 Å². The van der Waals surface area contributed by atoms with Crippen LogP contribution >= 0.6 is 0 Å². The summed E-state index contributed by atoms with van der Waals surface area (Å²) in [6.07, 6.45) is 4.59. The molecule has 1 saturated heterocycles. The van der Waals surface area contributed by atoms with Crippen molar-refractivity contribution in [1.82, 2.24) is 10.2 Å². The van der Waals surface area contributed by atoms with Crippen LogP contribution in [0.5, 0.6) is 0 Å². The fourth-order valence-corrected chi connectivity index (χ4v) is 3.00. The number of rotatable bonds is 6. The number of carbonyl (C=O) groups is 2. The molecule has 1 atom stereocenters. The molecule has 1 aliphatic rings. The minimum Gasteiger partial charge on any atom is -0.444 e. The molecule has 0 aromatic rings. The van der Waals surface area contributed by atoms with Crippen LogP contribution in [0.15, 0.2) is 0 Å². The lowest BCUT2D eigenvalue weighted by atomic mass is 9.95. The largest absolute Gasteiger partial charge is 0.444 e. The van der Waals surface area contributed by atoms with Crippen LogP contribution < -0.4 is 5.32 Å². The van der Waals surface area contributed by atoms with E-state index in [4.69, 9.17) is 4.74 Å². The number of carbonyl (C=O) groups excluding carboxylic acids is 2. The quantitative estimate of drug-likeness (QED) is 0.811.